The SMILES string of the molecule is NC(CC(=O)O)c1ccc([N+](=O)[O-])s1. The number of nitro groups is 1. The van der Waals surface area contributed by atoms with E-state index in [2.05, 4.69) is 0 Å². The van der Waals surface area contributed by atoms with Gasteiger partial charge in [-0.3, -0.25) is 14.9 Å². The van der Waals surface area contributed by atoms with Crippen molar-refractivity contribution in [2.45, 2.75) is 12.5 Å². The molecule has 0 aliphatic heterocycles. The maximum atomic E-state index is 10.3. The van der Waals surface area contributed by atoms with Crippen molar-refractivity contribution < 1.29 is 14.8 Å². The summed E-state index contributed by atoms with van der Waals surface area (Å²) in [6, 6.07) is 2.13. The molecule has 0 spiro atoms. The minimum atomic E-state index is -1.02. The Morgan fingerprint density at radius 2 is 2.36 bits per heavy atom. The Bertz CT molecular complexity index is 362. The van der Waals surface area contributed by atoms with Crippen LogP contribution in [0.5, 0.6) is 0 Å². The van der Waals surface area contributed by atoms with Crippen LogP contribution in [0.25, 0.3) is 0 Å². The van der Waals surface area contributed by atoms with Gasteiger partial charge in [-0.2, -0.15) is 0 Å². The van der Waals surface area contributed by atoms with Crippen molar-refractivity contribution in [3.05, 3.63) is 27.1 Å². The molecule has 6 nitrogen and oxygen atoms in total. The summed E-state index contributed by atoms with van der Waals surface area (Å²) in [5.74, 6) is -1.02. The minimum absolute atomic E-state index is 0.0270. The van der Waals surface area contributed by atoms with E-state index in [9.17, 15) is 14.9 Å². The van der Waals surface area contributed by atoms with Gasteiger partial charge in [0.05, 0.1) is 11.3 Å². The van der Waals surface area contributed by atoms with Crippen molar-refractivity contribution in [1.29, 1.82) is 0 Å². The van der Waals surface area contributed by atoms with Crippen LogP contribution >= 0.6 is 11.3 Å². The first-order chi connectivity index (χ1) is 6.50. The molecule has 0 aliphatic carbocycles. The van der Waals surface area contributed by atoms with Gasteiger partial charge in [-0.15, -0.1) is 0 Å². The molecule has 0 bridgehead atoms. The molecule has 0 saturated carbocycles. The summed E-state index contributed by atoms with van der Waals surface area (Å²) in [5.41, 5.74) is 5.52. The van der Waals surface area contributed by atoms with Crippen LogP contribution in [0.1, 0.15) is 17.3 Å². The number of hydrogen-bond acceptors (Lipinski definition) is 5. The fraction of sp³-hybridized carbons (Fsp3) is 0.286. The molecule has 0 fully saturated rings. The topological polar surface area (TPSA) is 106 Å². The fourth-order valence-electron chi connectivity index (χ4n) is 0.928. The Morgan fingerprint density at radius 1 is 1.71 bits per heavy atom. The van der Waals surface area contributed by atoms with Crippen LogP contribution in [0.2, 0.25) is 0 Å². The van der Waals surface area contributed by atoms with Crippen LogP contribution in [0.3, 0.4) is 0 Å². The van der Waals surface area contributed by atoms with Gasteiger partial charge in [0, 0.05) is 17.0 Å². The number of carboxylic acids is 1. The van der Waals surface area contributed by atoms with Crippen LogP contribution in [0, 0.1) is 10.1 Å². The fourth-order valence-corrected chi connectivity index (χ4v) is 1.75. The summed E-state index contributed by atoms with van der Waals surface area (Å²) in [4.78, 5) is 20.6. The van der Waals surface area contributed by atoms with Crippen LogP contribution in [-0.4, -0.2) is 16.0 Å². The minimum Gasteiger partial charge on any atom is -0.481 e. The van der Waals surface area contributed by atoms with Crippen molar-refractivity contribution in [3.63, 3.8) is 0 Å². The average molecular weight is 216 g/mol. The van der Waals surface area contributed by atoms with E-state index in [1.165, 1.54) is 12.1 Å². The van der Waals surface area contributed by atoms with E-state index in [0.717, 1.165) is 11.3 Å². The number of nitrogens with two attached hydrogens (primary N) is 1. The van der Waals surface area contributed by atoms with E-state index < -0.39 is 16.9 Å². The van der Waals surface area contributed by atoms with Gasteiger partial charge in [0.1, 0.15) is 0 Å². The lowest BCUT2D eigenvalue weighted by molar-refractivity contribution is -0.380. The Balaban J connectivity index is 2.76. The molecule has 0 amide bonds. The standard InChI is InChI=1S/C7H8N2O4S/c8-4(3-7(10)11)5-1-2-6(14-5)9(12)13/h1-2,4H,3,8H2,(H,10,11). The lowest BCUT2D eigenvalue weighted by atomic mass is 10.2. The zero-order valence-electron chi connectivity index (χ0n) is 7.04. The molecule has 0 aromatic carbocycles. The Kier molecular flexibility index (Phi) is 3.15. The number of carboxylic acid groups (broad SMARTS) is 1. The normalized spacial score (nSPS) is 12.4. The van der Waals surface area contributed by atoms with E-state index >= 15 is 0 Å². The Labute approximate surface area is 83.1 Å². The van der Waals surface area contributed by atoms with Gasteiger partial charge < -0.3 is 10.8 Å². The highest BCUT2D eigenvalue weighted by atomic mass is 32.1. The van der Waals surface area contributed by atoms with E-state index in [-0.39, 0.29) is 11.4 Å². The maximum absolute atomic E-state index is 10.3. The second kappa shape index (κ2) is 4.16. The molecule has 1 rings (SSSR count). The highest BCUT2D eigenvalue weighted by molar-refractivity contribution is 7.15. The zero-order valence-corrected chi connectivity index (χ0v) is 7.86. The van der Waals surface area contributed by atoms with Crippen LogP contribution in [-0.2, 0) is 4.79 Å². The lowest BCUT2D eigenvalue weighted by Crippen LogP contribution is -2.13. The van der Waals surface area contributed by atoms with Gasteiger partial charge in [-0.05, 0) is 6.07 Å². The van der Waals surface area contributed by atoms with Crippen molar-refractivity contribution in [3.8, 4) is 0 Å². The molecule has 0 aliphatic rings. The number of nitrogens with zero attached hydrogens (tertiary/aromatic N) is 1. The number of rotatable bonds is 4. The number of carbonyl (C=O) groups is 1. The average Bonchev–Trinajstić information content (AvgIpc) is 2.50. The predicted molar refractivity (Wildman–Crippen MR) is 50.2 cm³/mol. The summed E-state index contributed by atoms with van der Waals surface area (Å²) in [6.45, 7) is 0. The third-order valence-corrected chi connectivity index (χ3v) is 2.72. The van der Waals surface area contributed by atoms with E-state index in [1.807, 2.05) is 0 Å². The maximum Gasteiger partial charge on any atom is 0.324 e. The molecule has 1 atom stereocenters. The van der Waals surface area contributed by atoms with E-state index in [1.54, 1.807) is 0 Å². The second-order valence-corrected chi connectivity index (χ2v) is 3.73. The third-order valence-electron chi connectivity index (χ3n) is 1.55. The molecule has 1 aromatic rings. The summed E-state index contributed by atoms with van der Waals surface area (Å²) in [5, 5.41) is 18.7. The zero-order chi connectivity index (χ0) is 10.7. The molecule has 1 heterocycles. The molecular formula is C7H8N2O4S. The van der Waals surface area contributed by atoms with Crippen molar-refractivity contribution in [2.75, 3.05) is 0 Å². The van der Waals surface area contributed by atoms with E-state index in [0.29, 0.717) is 4.88 Å². The quantitative estimate of drug-likeness (QED) is 0.579. The Morgan fingerprint density at radius 3 is 2.79 bits per heavy atom. The Hall–Kier alpha value is -1.47. The first-order valence-corrected chi connectivity index (χ1v) is 4.54. The third kappa shape index (κ3) is 2.51. The predicted octanol–water partition coefficient (Wildman–Crippen LogP) is 1.13. The number of thiophene rings is 1. The largest absolute Gasteiger partial charge is 0.481 e. The molecule has 3 N–H and O–H groups in total. The summed E-state index contributed by atoms with van der Waals surface area (Å²) >= 11 is 0.904. The highest BCUT2D eigenvalue weighted by Gasteiger charge is 2.16. The summed E-state index contributed by atoms with van der Waals surface area (Å²) in [6.07, 6.45) is -0.225. The molecular weight excluding hydrogens is 208 g/mol. The summed E-state index contributed by atoms with van der Waals surface area (Å²) < 4.78 is 0. The molecule has 1 unspecified atom stereocenters. The highest BCUT2D eigenvalue weighted by Crippen LogP contribution is 2.28. The van der Waals surface area contributed by atoms with Gasteiger partial charge in [0.25, 0.3) is 0 Å². The first-order valence-electron chi connectivity index (χ1n) is 3.72. The van der Waals surface area contributed by atoms with Crippen LogP contribution in [0.4, 0.5) is 5.00 Å². The smallest absolute Gasteiger partial charge is 0.324 e. The van der Waals surface area contributed by atoms with Crippen LogP contribution < -0.4 is 5.73 Å². The van der Waals surface area contributed by atoms with Crippen molar-refractivity contribution in [1.82, 2.24) is 0 Å². The van der Waals surface area contributed by atoms with Crippen LogP contribution in [0.15, 0.2) is 12.1 Å². The van der Waals surface area contributed by atoms with Gasteiger partial charge in [-0.25, -0.2) is 0 Å². The molecule has 0 radical (unpaired) electrons. The molecule has 0 saturated heterocycles. The van der Waals surface area contributed by atoms with Gasteiger partial charge in [-0.1, -0.05) is 11.3 Å². The summed E-state index contributed by atoms with van der Waals surface area (Å²) in [7, 11) is 0. The lowest BCUT2D eigenvalue weighted by Gasteiger charge is -2.03. The van der Waals surface area contributed by atoms with E-state index in [4.69, 9.17) is 10.8 Å². The van der Waals surface area contributed by atoms with Crippen molar-refractivity contribution >= 4 is 22.3 Å². The van der Waals surface area contributed by atoms with Gasteiger partial charge in [0.15, 0.2) is 0 Å². The van der Waals surface area contributed by atoms with Crippen molar-refractivity contribution in [2.24, 2.45) is 5.73 Å². The molecule has 14 heavy (non-hydrogen) atoms. The molecule has 7 heteroatoms. The monoisotopic (exact) mass is 216 g/mol. The van der Waals surface area contributed by atoms with Gasteiger partial charge >= 0.3 is 11.0 Å². The van der Waals surface area contributed by atoms with Gasteiger partial charge in [0.2, 0.25) is 0 Å². The second-order valence-electron chi connectivity index (χ2n) is 2.64. The number of aliphatic carboxylic acids is 1. The molecule has 1 aromatic heterocycles. The first kappa shape index (κ1) is 10.6. The molecule has 76 valence electrons. The number of hydrogen-bond donors (Lipinski definition) is 2.